The molecule has 0 saturated heterocycles. The van der Waals surface area contributed by atoms with Crippen LogP contribution in [-0.4, -0.2) is 42.0 Å². The highest BCUT2D eigenvalue weighted by molar-refractivity contribution is 7.99. The number of methoxy groups -OCH3 is 1. The first-order valence-electron chi connectivity index (χ1n) is 8.07. The third kappa shape index (κ3) is 6.51. The number of carbonyl (C=O) groups excluding carboxylic acids is 2. The normalized spacial score (nSPS) is 13.4. The lowest BCUT2D eigenvalue weighted by molar-refractivity contribution is -0.137. The number of fused-ring (bicyclic) bond motifs is 1. The second kappa shape index (κ2) is 9.93. The predicted molar refractivity (Wildman–Crippen MR) is 94.0 cm³/mol. The van der Waals surface area contributed by atoms with Crippen LogP contribution < -0.4 is 5.32 Å². The van der Waals surface area contributed by atoms with Crippen molar-refractivity contribution in [1.82, 2.24) is 10.3 Å². The summed E-state index contributed by atoms with van der Waals surface area (Å²) in [5.74, 6) is 0.737. The molecule has 1 aromatic heterocycles. The van der Waals surface area contributed by atoms with Crippen molar-refractivity contribution >= 4 is 35.0 Å². The molecule has 128 valence electrons. The largest absolute Gasteiger partial charge is 0.468 e. The van der Waals surface area contributed by atoms with Crippen LogP contribution >= 0.6 is 23.1 Å². The van der Waals surface area contributed by atoms with Gasteiger partial charge in [-0.1, -0.05) is 0 Å². The molecule has 1 aliphatic carbocycles. The van der Waals surface area contributed by atoms with Crippen LogP contribution in [0.1, 0.15) is 41.3 Å². The SMILES string of the molecule is COC(=O)CSCCC(=O)NCCCc1nc2c(s1)CCCC2. The van der Waals surface area contributed by atoms with E-state index in [4.69, 9.17) is 4.98 Å². The van der Waals surface area contributed by atoms with E-state index in [-0.39, 0.29) is 11.9 Å². The fourth-order valence-corrected chi connectivity index (χ4v) is 4.40. The van der Waals surface area contributed by atoms with E-state index in [0.717, 1.165) is 19.3 Å². The first-order chi connectivity index (χ1) is 11.2. The maximum Gasteiger partial charge on any atom is 0.315 e. The molecule has 1 heterocycles. The van der Waals surface area contributed by atoms with E-state index in [1.54, 1.807) is 0 Å². The summed E-state index contributed by atoms with van der Waals surface area (Å²) >= 11 is 3.27. The lowest BCUT2D eigenvalue weighted by Gasteiger charge is -2.06. The molecule has 1 N–H and O–H groups in total. The van der Waals surface area contributed by atoms with Gasteiger partial charge in [0.05, 0.1) is 23.6 Å². The summed E-state index contributed by atoms with van der Waals surface area (Å²) in [5.41, 5.74) is 1.31. The van der Waals surface area contributed by atoms with Crippen LogP contribution in [0.3, 0.4) is 0 Å². The van der Waals surface area contributed by atoms with Crippen LogP contribution in [0.2, 0.25) is 0 Å². The van der Waals surface area contributed by atoms with Crippen LogP contribution in [-0.2, 0) is 33.6 Å². The molecule has 5 nitrogen and oxygen atoms in total. The highest BCUT2D eigenvalue weighted by Gasteiger charge is 2.14. The van der Waals surface area contributed by atoms with Crippen molar-refractivity contribution in [2.75, 3.05) is 25.2 Å². The maximum absolute atomic E-state index is 11.7. The molecule has 0 aliphatic heterocycles. The minimum atomic E-state index is -0.249. The zero-order valence-corrected chi connectivity index (χ0v) is 15.2. The van der Waals surface area contributed by atoms with Crippen molar-refractivity contribution < 1.29 is 14.3 Å². The van der Waals surface area contributed by atoms with E-state index in [2.05, 4.69) is 10.1 Å². The molecule has 7 heteroatoms. The molecule has 1 aromatic rings. The van der Waals surface area contributed by atoms with Gasteiger partial charge in [-0.15, -0.1) is 23.1 Å². The fraction of sp³-hybridized carbons (Fsp3) is 0.688. The summed E-state index contributed by atoms with van der Waals surface area (Å²) in [6, 6.07) is 0. The third-order valence-corrected chi connectivity index (χ3v) is 5.85. The van der Waals surface area contributed by atoms with Gasteiger partial charge in [0, 0.05) is 30.0 Å². The van der Waals surface area contributed by atoms with Crippen molar-refractivity contribution in [2.45, 2.75) is 44.9 Å². The molecule has 0 spiro atoms. The molecule has 0 bridgehead atoms. The lowest BCUT2D eigenvalue weighted by Crippen LogP contribution is -2.25. The van der Waals surface area contributed by atoms with Gasteiger partial charge in [-0.25, -0.2) is 4.98 Å². The Hall–Kier alpha value is -1.08. The van der Waals surface area contributed by atoms with Crippen LogP contribution in [0, 0.1) is 0 Å². The van der Waals surface area contributed by atoms with Gasteiger partial charge in [-0.3, -0.25) is 9.59 Å². The number of thiazole rings is 1. The zero-order chi connectivity index (χ0) is 16.5. The molecule has 0 atom stereocenters. The van der Waals surface area contributed by atoms with Gasteiger partial charge in [0.2, 0.25) is 5.91 Å². The standard InChI is InChI=1S/C16H24N2O3S2/c1-21-16(20)11-22-10-8-14(19)17-9-4-7-15-18-12-5-2-3-6-13(12)23-15/h2-11H2,1H3,(H,17,19). The van der Waals surface area contributed by atoms with Crippen molar-refractivity contribution in [3.63, 3.8) is 0 Å². The average Bonchev–Trinajstić information content (AvgIpc) is 2.98. The van der Waals surface area contributed by atoms with Gasteiger partial charge in [0.15, 0.2) is 0 Å². The third-order valence-electron chi connectivity index (χ3n) is 3.70. The molecule has 0 radical (unpaired) electrons. The molecule has 1 aliphatic rings. The highest BCUT2D eigenvalue weighted by atomic mass is 32.2. The molecule has 23 heavy (non-hydrogen) atoms. The first-order valence-corrected chi connectivity index (χ1v) is 10.0. The maximum atomic E-state index is 11.7. The van der Waals surface area contributed by atoms with Gasteiger partial charge in [0.25, 0.3) is 0 Å². The predicted octanol–water partition coefficient (Wildman–Crippen LogP) is 2.37. The molecular weight excluding hydrogens is 332 g/mol. The van der Waals surface area contributed by atoms with Gasteiger partial charge < -0.3 is 10.1 Å². The van der Waals surface area contributed by atoms with E-state index in [0.29, 0.717) is 24.5 Å². The quantitative estimate of drug-likeness (QED) is 0.543. The number of ether oxygens (including phenoxy) is 1. The second-order valence-corrected chi connectivity index (χ2v) is 7.79. The van der Waals surface area contributed by atoms with Crippen molar-refractivity contribution in [2.24, 2.45) is 0 Å². The monoisotopic (exact) mass is 356 g/mol. The number of aryl methyl sites for hydroxylation is 3. The average molecular weight is 357 g/mol. The number of thioether (sulfide) groups is 1. The Morgan fingerprint density at radius 1 is 1.35 bits per heavy atom. The molecule has 0 saturated carbocycles. The molecule has 0 unspecified atom stereocenters. The van der Waals surface area contributed by atoms with Gasteiger partial charge >= 0.3 is 5.97 Å². The minimum Gasteiger partial charge on any atom is -0.468 e. The zero-order valence-electron chi connectivity index (χ0n) is 13.6. The van der Waals surface area contributed by atoms with Crippen molar-refractivity contribution in [3.8, 4) is 0 Å². The minimum absolute atomic E-state index is 0.0424. The highest BCUT2D eigenvalue weighted by Crippen LogP contribution is 2.27. The van der Waals surface area contributed by atoms with Crippen molar-refractivity contribution in [3.05, 3.63) is 15.6 Å². The second-order valence-electron chi connectivity index (χ2n) is 5.52. The van der Waals surface area contributed by atoms with Crippen molar-refractivity contribution in [1.29, 1.82) is 0 Å². The number of esters is 1. The summed E-state index contributed by atoms with van der Waals surface area (Å²) < 4.78 is 4.54. The number of carbonyl (C=O) groups is 2. The number of nitrogens with zero attached hydrogens (tertiary/aromatic N) is 1. The molecule has 1 amide bonds. The van der Waals surface area contributed by atoms with E-state index in [1.165, 1.54) is 53.7 Å². The number of aromatic nitrogens is 1. The van der Waals surface area contributed by atoms with E-state index in [1.807, 2.05) is 11.3 Å². The summed E-state index contributed by atoms with van der Waals surface area (Å²) in [4.78, 5) is 28.8. The smallest absolute Gasteiger partial charge is 0.315 e. The Labute approximate surface area is 145 Å². The van der Waals surface area contributed by atoms with E-state index in [9.17, 15) is 9.59 Å². The number of amides is 1. The number of nitrogens with one attached hydrogen (secondary N) is 1. The van der Waals surface area contributed by atoms with Crippen LogP contribution in [0.15, 0.2) is 0 Å². The Balaban J connectivity index is 1.54. The van der Waals surface area contributed by atoms with Gasteiger partial charge in [-0.2, -0.15) is 0 Å². The Morgan fingerprint density at radius 2 is 2.17 bits per heavy atom. The summed E-state index contributed by atoms with van der Waals surface area (Å²) in [6.07, 6.45) is 7.17. The van der Waals surface area contributed by atoms with Gasteiger partial charge in [0.1, 0.15) is 0 Å². The number of hydrogen-bond acceptors (Lipinski definition) is 6. The Morgan fingerprint density at radius 3 is 2.96 bits per heavy atom. The topological polar surface area (TPSA) is 68.3 Å². The molecule has 0 fully saturated rings. The number of rotatable bonds is 9. The molecular formula is C16H24N2O3S2. The summed E-state index contributed by atoms with van der Waals surface area (Å²) in [6.45, 7) is 0.685. The number of hydrogen-bond donors (Lipinski definition) is 1. The first kappa shape index (κ1) is 18.3. The summed E-state index contributed by atoms with van der Waals surface area (Å²) in [7, 11) is 1.37. The van der Waals surface area contributed by atoms with Crippen LogP contribution in [0.4, 0.5) is 0 Å². The lowest BCUT2D eigenvalue weighted by atomic mass is 10.0. The Kier molecular flexibility index (Phi) is 7.88. The van der Waals surface area contributed by atoms with Crippen LogP contribution in [0.25, 0.3) is 0 Å². The van der Waals surface area contributed by atoms with Gasteiger partial charge in [-0.05, 0) is 32.1 Å². The fourth-order valence-electron chi connectivity index (χ4n) is 2.45. The molecule has 2 rings (SSSR count). The summed E-state index contributed by atoms with van der Waals surface area (Å²) in [5, 5.41) is 4.13. The van der Waals surface area contributed by atoms with E-state index >= 15 is 0 Å². The van der Waals surface area contributed by atoms with E-state index < -0.39 is 0 Å². The van der Waals surface area contributed by atoms with Crippen LogP contribution in [0.5, 0.6) is 0 Å². The Bertz CT molecular complexity index is 508. The molecule has 0 aromatic carbocycles.